The van der Waals surface area contributed by atoms with Gasteiger partial charge in [0.15, 0.2) is 0 Å². The van der Waals surface area contributed by atoms with Gasteiger partial charge in [0.05, 0.1) is 0 Å². The van der Waals surface area contributed by atoms with Crippen molar-refractivity contribution in [1.29, 1.82) is 0 Å². The maximum absolute atomic E-state index is 13.8. The Bertz CT molecular complexity index is 1100. The maximum Gasteiger partial charge on any atom is 0.408 e. The van der Waals surface area contributed by atoms with Crippen molar-refractivity contribution in [1.82, 2.24) is 15.6 Å². The molecule has 2 amide bonds. The fourth-order valence-electron chi connectivity index (χ4n) is 8.14. The number of benzene rings is 1. The Labute approximate surface area is 214 Å². The minimum Gasteiger partial charge on any atom is -0.446 e. The number of ether oxygens (including phenoxy) is 1. The van der Waals surface area contributed by atoms with Crippen LogP contribution in [0, 0.1) is 29.6 Å². The molecule has 0 spiro atoms. The Hall–Kier alpha value is -2.50. The lowest BCUT2D eigenvalue weighted by Gasteiger charge is -2.53. The van der Waals surface area contributed by atoms with Crippen LogP contribution in [-0.4, -0.2) is 34.7 Å². The summed E-state index contributed by atoms with van der Waals surface area (Å²) in [6, 6.07) is 8.26. The van der Waals surface area contributed by atoms with Gasteiger partial charge >= 0.3 is 6.09 Å². The first kappa shape index (κ1) is 23.9. The topological polar surface area (TPSA) is 83.2 Å². The van der Waals surface area contributed by atoms with E-state index in [-0.39, 0.29) is 18.1 Å². The fraction of sp³-hybridized carbons (Fsp3) is 0.667. The molecule has 6 nitrogen and oxygen atoms in total. The Morgan fingerprint density at radius 2 is 1.72 bits per heavy atom. The van der Waals surface area contributed by atoms with Crippen molar-refractivity contribution in [3.63, 3.8) is 0 Å². The quantitative estimate of drug-likeness (QED) is 0.484. The number of carbonyl (C=O) groups is 2. The van der Waals surface area contributed by atoms with E-state index in [9.17, 15) is 9.59 Å². The van der Waals surface area contributed by atoms with Gasteiger partial charge in [0.25, 0.3) is 0 Å². The molecule has 194 valence electrons. The third-order valence-corrected chi connectivity index (χ3v) is 9.91. The molecule has 36 heavy (non-hydrogen) atoms. The molecule has 0 saturated heterocycles. The number of H-pyrrole nitrogens is 1. The van der Waals surface area contributed by atoms with Crippen molar-refractivity contribution in [2.45, 2.75) is 95.7 Å². The van der Waals surface area contributed by atoms with Gasteiger partial charge in [-0.2, -0.15) is 0 Å². The molecule has 2 aromatic rings. The molecule has 5 aliphatic rings. The van der Waals surface area contributed by atoms with Crippen LogP contribution in [-0.2, 0) is 16.0 Å². The molecule has 5 aliphatic carbocycles. The molecule has 1 heterocycles. The average Bonchev–Trinajstić information content (AvgIpc) is 3.25. The first-order valence-electron chi connectivity index (χ1n) is 14.2. The molecule has 5 saturated carbocycles. The molecule has 0 radical (unpaired) electrons. The van der Waals surface area contributed by atoms with Crippen LogP contribution < -0.4 is 10.6 Å². The molecule has 1 aromatic carbocycles. The van der Waals surface area contributed by atoms with Gasteiger partial charge in [-0.15, -0.1) is 0 Å². The monoisotopic (exact) mass is 491 g/mol. The molecule has 3 N–H and O–H groups in total. The highest BCUT2D eigenvalue weighted by atomic mass is 16.6. The Balaban J connectivity index is 1.21. The number of hydrogen-bond donors (Lipinski definition) is 3. The lowest BCUT2D eigenvalue weighted by Crippen LogP contribution is -2.61. The number of hydrogen-bond acceptors (Lipinski definition) is 3. The van der Waals surface area contributed by atoms with Gasteiger partial charge in [-0.1, -0.05) is 38.0 Å². The second kappa shape index (κ2) is 9.42. The van der Waals surface area contributed by atoms with Crippen LogP contribution in [0.1, 0.15) is 77.2 Å². The van der Waals surface area contributed by atoms with Gasteiger partial charge in [0.1, 0.15) is 11.6 Å². The third-order valence-electron chi connectivity index (χ3n) is 9.91. The Morgan fingerprint density at radius 3 is 2.44 bits per heavy atom. The van der Waals surface area contributed by atoms with Crippen LogP contribution in [0.5, 0.6) is 0 Å². The van der Waals surface area contributed by atoms with Crippen molar-refractivity contribution >= 4 is 22.9 Å². The summed E-state index contributed by atoms with van der Waals surface area (Å²) in [5, 5.41) is 7.47. The number of carbonyl (C=O) groups excluding carboxylic acids is 2. The van der Waals surface area contributed by atoms with Crippen LogP contribution in [0.2, 0.25) is 0 Å². The molecule has 2 unspecified atom stereocenters. The number of fused-ring (bicyclic) bond motifs is 1. The summed E-state index contributed by atoms with van der Waals surface area (Å²) in [5.74, 6) is 2.96. The van der Waals surface area contributed by atoms with E-state index in [1.165, 1.54) is 38.5 Å². The second-order valence-electron chi connectivity index (χ2n) is 12.6. The van der Waals surface area contributed by atoms with Crippen molar-refractivity contribution in [3.05, 3.63) is 36.0 Å². The summed E-state index contributed by atoms with van der Waals surface area (Å²) < 4.78 is 6.15. The molecule has 5 fully saturated rings. The van der Waals surface area contributed by atoms with E-state index in [4.69, 9.17) is 4.74 Å². The number of nitrogens with one attached hydrogen (secondary N) is 3. The third kappa shape index (κ3) is 4.52. The van der Waals surface area contributed by atoms with Crippen LogP contribution >= 0.6 is 0 Å². The van der Waals surface area contributed by atoms with Gasteiger partial charge in [-0.25, -0.2) is 4.79 Å². The van der Waals surface area contributed by atoms with Crippen molar-refractivity contribution in [2.75, 3.05) is 0 Å². The van der Waals surface area contributed by atoms with Gasteiger partial charge in [-0.05, 0) is 93.1 Å². The summed E-state index contributed by atoms with van der Waals surface area (Å²) in [4.78, 5) is 30.5. The lowest BCUT2D eigenvalue weighted by molar-refractivity contribution is -0.129. The van der Waals surface area contributed by atoms with E-state index in [0.29, 0.717) is 24.2 Å². The van der Waals surface area contributed by atoms with Crippen LogP contribution in [0.25, 0.3) is 10.9 Å². The van der Waals surface area contributed by atoms with E-state index in [1.54, 1.807) is 0 Å². The zero-order valence-electron chi connectivity index (χ0n) is 21.7. The predicted octanol–water partition coefficient (Wildman–Crippen LogP) is 5.71. The first-order valence-corrected chi connectivity index (χ1v) is 14.2. The Morgan fingerprint density at radius 1 is 1.03 bits per heavy atom. The summed E-state index contributed by atoms with van der Waals surface area (Å²) in [6.07, 6.45) is 12.5. The van der Waals surface area contributed by atoms with Crippen molar-refractivity contribution < 1.29 is 14.3 Å². The van der Waals surface area contributed by atoms with Crippen molar-refractivity contribution in [3.8, 4) is 0 Å². The first-order chi connectivity index (χ1) is 17.4. The summed E-state index contributed by atoms with van der Waals surface area (Å²) in [5.41, 5.74) is 0.952. The van der Waals surface area contributed by atoms with E-state index in [0.717, 1.165) is 47.6 Å². The maximum atomic E-state index is 13.8. The van der Waals surface area contributed by atoms with Gasteiger partial charge in [-0.3, -0.25) is 4.79 Å². The molecule has 1 aromatic heterocycles. The smallest absolute Gasteiger partial charge is 0.408 e. The highest BCUT2D eigenvalue weighted by molar-refractivity contribution is 5.91. The highest BCUT2D eigenvalue weighted by Crippen LogP contribution is 2.54. The van der Waals surface area contributed by atoms with E-state index in [2.05, 4.69) is 28.6 Å². The fourth-order valence-corrected chi connectivity index (χ4v) is 8.14. The minimum atomic E-state index is -1.11. The largest absolute Gasteiger partial charge is 0.446 e. The predicted molar refractivity (Wildman–Crippen MR) is 140 cm³/mol. The van der Waals surface area contributed by atoms with Gasteiger partial charge in [0, 0.05) is 29.6 Å². The molecule has 4 bridgehead atoms. The normalized spacial score (nSPS) is 34.8. The number of aromatic amines is 1. The van der Waals surface area contributed by atoms with Gasteiger partial charge in [0.2, 0.25) is 5.91 Å². The molecule has 3 atom stereocenters. The van der Waals surface area contributed by atoms with E-state index < -0.39 is 11.6 Å². The number of alkyl carbamates (subject to hydrolysis) is 1. The Kier molecular flexibility index (Phi) is 6.25. The standard InChI is InChI=1S/C30H41N3O3/c1-18-7-3-5-9-25(18)32-28(34)30(2,16-23-17-31-26-10-6-4-8-24(23)26)33-29(35)36-27-21-12-19-11-20(14-21)15-22(27)13-19/h4,6,8,10,17-22,25,27,31H,3,5,7,9,11-16H2,1-2H3,(H,32,34)(H,33,35)/t18?,19?,20?,21?,22?,25?,27?,30-/m1/s1. The number of para-hydroxylation sites is 1. The highest BCUT2D eigenvalue weighted by Gasteiger charge is 2.50. The number of amides is 2. The summed E-state index contributed by atoms with van der Waals surface area (Å²) >= 11 is 0. The van der Waals surface area contributed by atoms with Crippen LogP contribution in [0.4, 0.5) is 4.79 Å². The summed E-state index contributed by atoms with van der Waals surface area (Å²) in [7, 11) is 0. The molecule has 6 heteroatoms. The SMILES string of the molecule is CC1CCCCC1NC(=O)[C@@](C)(Cc1c[nH]c2ccccc12)NC(=O)OC1C2CC3CC(C2)CC1C3. The zero-order chi connectivity index (χ0) is 24.9. The zero-order valence-corrected chi connectivity index (χ0v) is 21.7. The lowest BCUT2D eigenvalue weighted by atomic mass is 9.55. The van der Waals surface area contributed by atoms with Gasteiger partial charge < -0.3 is 20.4 Å². The van der Waals surface area contributed by atoms with Crippen LogP contribution in [0.15, 0.2) is 30.5 Å². The second-order valence-corrected chi connectivity index (χ2v) is 12.6. The van der Waals surface area contributed by atoms with E-state index >= 15 is 0 Å². The minimum absolute atomic E-state index is 0.00318. The van der Waals surface area contributed by atoms with Crippen molar-refractivity contribution in [2.24, 2.45) is 29.6 Å². The number of rotatable bonds is 6. The summed E-state index contributed by atoms with van der Waals surface area (Å²) in [6.45, 7) is 4.07. The molecular formula is C30H41N3O3. The van der Waals surface area contributed by atoms with Crippen LogP contribution in [0.3, 0.4) is 0 Å². The molecular weight excluding hydrogens is 450 g/mol. The number of aromatic nitrogens is 1. The molecule has 0 aliphatic heterocycles. The average molecular weight is 492 g/mol. The molecule has 7 rings (SSSR count). The van der Waals surface area contributed by atoms with E-state index in [1.807, 2.05) is 31.3 Å².